The van der Waals surface area contributed by atoms with Gasteiger partial charge in [-0.15, -0.1) is 12.4 Å². The first-order valence-corrected chi connectivity index (χ1v) is 7.51. The van der Waals surface area contributed by atoms with Crippen LogP contribution < -0.4 is 16.4 Å². The average molecular weight is 352 g/mol. The molecule has 1 aromatic heterocycles. The van der Waals surface area contributed by atoms with E-state index in [1.807, 2.05) is 13.8 Å². The van der Waals surface area contributed by atoms with E-state index in [0.29, 0.717) is 16.9 Å². The molecular weight excluding hydrogens is 330 g/mol. The van der Waals surface area contributed by atoms with Crippen LogP contribution in [0, 0.1) is 5.92 Å². The van der Waals surface area contributed by atoms with E-state index in [2.05, 4.69) is 10.6 Å². The summed E-state index contributed by atoms with van der Waals surface area (Å²) in [5.41, 5.74) is 7.50. The first kappa shape index (κ1) is 19.7. The van der Waals surface area contributed by atoms with Crippen molar-refractivity contribution in [3.63, 3.8) is 0 Å². The Balaban J connectivity index is 0.00000288. The van der Waals surface area contributed by atoms with Crippen molar-refractivity contribution in [3.05, 3.63) is 48.4 Å². The van der Waals surface area contributed by atoms with Crippen LogP contribution in [0.4, 0.5) is 11.4 Å². The molecule has 0 aliphatic carbocycles. The quantitative estimate of drug-likeness (QED) is 0.744. The number of rotatable bonds is 6. The molecule has 6 nitrogen and oxygen atoms in total. The molecule has 2 rings (SSSR count). The van der Waals surface area contributed by atoms with E-state index < -0.39 is 6.04 Å². The van der Waals surface area contributed by atoms with Gasteiger partial charge in [-0.05, 0) is 30.2 Å². The van der Waals surface area contributed by atoms with E-state index in [0.717, 1.165) is 6.42 Å². The Labute approximate surface area is 147 Å². The van der Waals surface area contributed by atoms with E-state index in [9.17, 15) is 9.59 Å². The third kappa shape index (κ3) is 5.11. The molecule has 0 saturated carbocycles. The van der Waals surface area contributed by atoms with Gasteiger partial charge in [0.25, 0.3) is 5.91 Å². The Bertz CT molecular complexity index is 673. The van der Waals surface area contributed by atoms with E-state index in [1.165, 1.54) is 12.5 Å². The van der Waals surface area contributed by atoms with Crippen LogP contribution in [0.2, 0.25) is 0 Å². The number of halogens is 1. The maximum absolute atomic E-state index is 12.1. The molecule has 130 valence electrons. The second-order valence-corrected chi connectivity index (χ2v) is 5.45. The Morgan fingerprint density at radius 2 is 1.88 bits per heavy atom. The Morgan fingerprint density at radius 1 is 1.21 bits per heavy atom. The van der Waals surface area contributed by atoms with Crippen molar-refractivity contribution in [1.82, 2.24) is 0 Å². The zero-order chi connectivity index (χ0) is 16.8. The molecule has 1 heterocycles. The fourth-order valence-electron chi connectivity index (χ4n) is 2.01. The molecule has 0 fully saturated rings. The predicted octanol–water partition coefficient (Wildman–Crippen LogP) is 3.27. The molecule has 0 bridgehead atoms. The van der Waals surface area contributed by atoms with Crippen LogP contribution in [0.25, 0.3) is 0 Å². The molecule has 2 atom stereocenters. The van der Waals surface area contributed by atoms with Gasteiger partial charge in [0.15, 0.2) is 0 Å². The smallest absolute Gasteiger partial charge is 0.258 e. The molecule has 7 heteroatoms. The summed E-state index contributed by atoms with van der Waals surface area (Å²) in [4.78, 5) is 24.1. The van der Waals surface area contributed by atoms with Crippen molar-refractivity contribution in [3.8, 4) is 0 Å². The summed E-state index contributed by atoms with van der Waals surface area (Å²) in [7, 11) is 0. The highest BCUT2D eigenvalue weighted by molar-refractivity contribution is 6.04. The van der Waals surface area contributed by atoms with Gasteiger partial charge in [0.1, 0.15) is 6.26 Å². The second kappa shape index (κ2) is 9.10. The summed E-state index contributed by atoms with van der Waals surface area (Å²) in [6.45, 7) is 3.93. The maximum Gasteiger partial charge on any atom is 0.258 e. The van der Waals surface area contributed by atoms with Crippen LogP contribution in [0.15, 0.2) is 47.3 Å². The van der Waals surface area contributed by atoms with E-state index in [1.54, 1.807) is 30.3 Å². The highest BCUT2D eigenvalue weighted by Crippen LogP contribution is 2.17. The Morgan fingerprint density at radius 3 is 2.46 bits per heavy atom. The molecule has 0 saturated heterocycles. The van der Waals surface area contributed by atoms with Crippen molar-refractivity contribution in [2.24, 2.45) is 11.7 Å². The largest absolute Gasteiger partial charge is 0.472 e. The van der Waals surface area contributed by atoms with Gasteiger partial charge < -0.3 is 20.8 Å². The Hall–Kier alpha value is -2.31. The van der Waals surface area contributed by atoms with Crippen LogP contribution in [-0.4, -0.2) is 17.9 Å². The molecule has 0 radical (unpaired) electrons. The molecule has 2 unspecified atom stereocenters. The van der Waals surface area contributed by atoms with Gasteiger partial charge in [0, 0.05) is 11.4 Å². The SMILES string of the molecule is CCC(C)C(N)C(=O)Nc1cccc(NC(=O)c2ccoc2)c1.Cl. The molecule has 2 amide bonds. The Kier molecular flexibility index (Phi) is 7.48. The van der Waals surface area contributed by atoms with Crippen molar-refractivity contribution in [2.75, 3.05) is 10.6 Å². The van der Waals surface area contributed by atoms with Gasteiger partial charge in [-0.1, -0.05) is 26.3 Å². The molecule has 0 spiro atoms. The van der Waals surface area contributed by atoms with Crippen LogP contribution in [0.5, 0.6) is 0 Å². The van der Waals surface area contributed by atoms with E-state index >= 15 is 0 Å². The lowest BCUT2D eigenvalue weighted by Crippen LogP contribution is -2.40. The third-order valence-corrected chi connectivity index (χ3v) is 3.73. The number of benzene rings is 1. The minimum absolute atomic E-state index is 0. The van der Waals surface area contributed by atoms with Gasteiger partial charge in [-0.25, -0.2) is 0 Å². The van der Waals surface area contributed by atoms with Gasteiger partial charge in [-0.3, -0.25) is 9.59 Å². The van der Waals surface area contributed by atoms with Gasteiger partial charge >= 0.3 is 0 Å². The fraction of sp³-hybridized carbons (Fsp3) is 0.294. The average Bonchev–Trinajstić information content (AvgIpc) is 3.08. The van der Waals surface area contributed by atoms with Crippen molar-refractivity contribution < 1.29 is 14.0 Å². The van der Waals surface area contributed by atoms with E-state index in [4.69, 9.17) is 10.2 Å². The van der Waals surface area contributed by atoms with Crippen LogP contribution in [0.3, 0.4) is 0 Å². The topological polar surface area (TPSA) is 97.4 Å². The van der Waals surface area contributed by atoms with Gasteiger partial charge in [0.2, 0.25) is 5.91 Å². The molecule has 0 aliphatic heterocycles. The lowest BCUT2D eigenvalue weighted by Gasteiger charge is -2.18. The van der Waals surface area contributed by atoms with Crippen LogP contribution in [0.1, 0.15) is 30.6 Å². The summed E-state index contributed by atoms with van der Waals surface area (Å²) in [5.74, 6) is -0.421. The highest BCUT2D eigenvalue weighted by Gasteiger charge is 2.19. The number of nitrogens with two attached hydrogens (primary N) is 1. The lowest BCUT2D eigenvalue weighted by molar-refractivity contribution is -0.118. The van der Waals surface area contributed by atoms with Crippen molar-refractivity contribution >= 4 is 35.6 Å². The number of nitrogens with one attached hydrogen (secondary N) is 2. The first-order chi connectivity index (χ1) is 11.0. The highest BCUT2D eigenvalue weighted by atomic mass is 35.5. The normalized spacial score (nSPS) is 12.6. The van der Waals surface area contributed by atoms with Crippen LogP contribution in [-0.2, 0) is 4.79 Å². The molecule has 0 aliphatic rings. The summed E-state index contributed by atoms with van der Waals surface area (Å²) in [5, 5.41) is 5.51. The number of carbonyl (C=O) groups excluding carboxylic acids is 2. The number of carbonyl (C=O) groups is 2. The van der Waals surface area contributed by atoms with Crippen LogP contribution >= 0.6 is 12.4 Å². The summed E-state index contributed by atoms with van der Waals surface area (Å²) in [6, 6.07) is 7.92. The zero-order valence-corrected chi connectivity index (χ0v) is 14.4. The molecule has 1 aromatic carbocycles. The number of hydrogen-bond acceptors (Lipinski definition) is 4. The minimum atomic E-state index is -0.566. The first-order valence-electron chi connectivity index (χ1n) is 7.51. The lowest BCUT2D eigenvalue weighted by atomic mass is 9.99. The van der Waals surface area contributed by atoms with Gasteiger partial charge in [0.05, 0.1) is 17.9 Å². The van der Waals surface area contributed by atoms with Crippen molar-refractivity contribution in [1.29, 1.82) is 0 Å². The molecule has 4 N–H and O–H groups in total. The number of amides is 2. The number of hydrogen-bond donors (Lipinski definition) is 3. The maximum atomic E-state index is 12.1. The molecular formula is C17H22ClN3O3. The fourth-order valence-corrected chi connectivity index (χ4v) is 2.01. The predicted molar refractivity (Wildman–Crippen MR) is 96.4 cm³/mol. The molecule has 24 heavy (non-hydrogen) atoms. The summed E-state index contributed by atoms with van der Waals surface area (Å²) in [6.07, 6.45) is 3.63. The zero-order valence-electron chi connectivity index (χ0n) is 13.6. The molecule has 2 aromatic rings. The summed E-state index contributed by atoms with van der Waals surface area (Å²) < 4.78 is 4.88. The minimum Gasteiger partial charge on any atom is -0.472 e. The third-order valence-electron chi connectivity index (χ3n) is 3.73. The number of anilines is 2. The summed E-state index contributed by atoms with van der Waals surface area (Å²) >= 11 is 0. The van der Waals surface area contributed by atoms with Gasteiger partial charge in [-0.2, -0.15) is 0 Å². The standard InChI is InChI=1S/C17H21N3O3.ClH/c1-3-11(2)15(18)17(22)20-14-6-4-5-13(9-14)19-16(21)12-7-8-23-10-12;/h4-11,15H,3,18H2,1-2H3,(H,19,21)(H,20,22);1H. The monoisotopic (exact) mass is 351 g/mol. The second-order valence-electron chi connectivity index (χ2n) is 5.45. The number of furan rings is 1. The van der Waals surface area contributed by atoms with Crippen molar-refractivity contribution in [2.45, 2.75) is 26.3 Å². The van der Waals surface area contributed by atoms with E-state index in [-0.39, 0.29) is 30.1 Å².